The predicted octanol–water partition coefficient (Wildman–Crippen LogP) is 2.79. The topological polar surface area (TPSA) is 71.8 Å². The quantitative estimate of drug-likeness (QED) is 0.782. The van der Waals surface area contributed by atoms with Crippen molar-refractivity contribution in [3.8, 4) is 5.82 Å². The lowest BCUT2D eigenvalue weighted by molar-refractivity contribution is 0.0949. The highest BCUT2D eigenvalue weighted by molar-refractivity contribution is 5.95. The molecule has 1 unspecified atom stereocenters. The van der Waals surface area contributed by atoms with Gasteiger partial charge in [-0.2, -0.15) is 5.10 Å². The van der Waals surface area contributed by atoms with E-state index in [1.807, 2.05) is 25.1 Å². The third kappa shape index (κ3) is 5.43. The van der Waals surface area contributed by atoms with E-state index in [9.17, 15) is 4.79 Å². The van der Waals surface area contributed by atoms with Gasteiger partial charge in [-0.25, -0.2) is 9.67 Å². The fourth-order valence-electron chi connectivity index (χ4n) is 3.24. The number of aromatic nitrogens is 3. The molecule has 1 atom stereocenters. The summed E-state index contributed by atoms with van der Waals surface area (Å²) < 4.78 is 1.75. The monoisotopic (exact) mass is 399 g/mol. The second-order valence-corrected chi connectivity index (χ2v) is 6.22. The minimum Gasteiger partial charge on any atom is -0.352 e. The minimum atomic E-state index is -0.0437. The summed E-state index contributed by atoms with van der Waals surface area (Å²) in [4.78, 5) is 16.8. The lowest BCUT2D eigenvalue weighted by Gasteiger charge is -2.22. The van der Waals surface area contributed by atoms with E-state index in [0.717, 1.165) is 37.4 Å². The maximum atomic E-state index is 12.5. The molecule has 1 aliphatic rings. The largest absolute Gasteiger partial charge is 0.352 e. The Morgan fingerprint density at radius 2 is 2.23 bits per heavy atom. The molecule has 0 spiro atoms. The van der Waals surface area contributed by atoms with Crippen molar-refractivity contribution >= 4 is 30.7 Å². The van der Waals surface area contributed by atoms with Gasteiger partial charge in [0.2, 0.25) is 0 Å². The van der Waals surface area contributed by atoms with Crippen LogP contribution < -0.4 is 10.6 Å². The van der Waals surface area contributed by atoms with Gasteiger partial charge < -0.3 is 10.6 Å². The highest BCUT2D eigenvalue weighted by atomic mass is 35.5. The van der Waals surface area contributed by atoms with E-state index >= 15 is 0 Å². The molecule has 0 aromatic carbocycles. The molecule has 0 bridgehead atoms. The number of piperidine rings is 1. The summed E-state index contributed by atoms with van der Waals surface area (Å²) in [6, 6.07) is 5.68. The lowest BCUT2D eigenvalue weighted by Crippen LogP contribution is -2.33. The maximum absolute atomic E-state index is 12.5. The molecule has 1 amide bonds. The van der Waals surface area contributed by atoms with E-state index in [4.69, 9.17) is 0 Å². The van der Waals surface area contributed by atoms with Crippen LogP contribution in [0.15, 0.2) is 30.6 Å². The molecule has 3 heterocycles. The zero-order valence-electron chi connectivity index (χ0n) is 15.0. The smallest absolute Gasteiger partial charge is 0.254 e. The Kier molecular flexibility index (Phi) is 9.62. The van der Waals surface area contributed by atoms with Crippen molar-refractivity contribution in [3.63, 3.8) is 0 Å². The standard InChI is InChI=1S/C18H25N5O.2ClH/c1-2-16-15(13-22-23(16)17-7-3-4-10-20-17)18(24)21-11-8-14-6-5-9-19-12-14;;/h3-4,7,10,13-14,19H,2,5-6,8-9,11-12H2,1H3,(H,21,24);2*1H. The van der Waals surface area contributed by atoms with Crippen molar-refractivity contribution in [1.29, 1.82) is 0 Å². The minimum absolute atomic E-state index is 0. The predicted molar refractivity (Wildman–Crippen MR) is 108 cm³/mol. The van der Waals surface area contributed by atoms with Crippen molar-refractivity contribution in [2.24, 2.45) is 5.92 Å². The third-order valence-corrected chi connectivity index (χ3v) is 4.55. The number of carbonyl (C=O) groups is 1. The first-order valence-electron chi connectivity index (χ1n) is 8.76. The molecule has 8 heteroatoms. The van der Waals surface area contributed by atoms with E-state index in [2.05, 4.69) is 20.7 Å². The Hall–Kier alpha value is -1.63. The molecule has 2 aromatic rings. The van der Waals surface area contributed by atoms with E-state index < -0.39 is 0 Å². The average Bonchev–Trinajstić information content (AvgIpc) is 3.07. The number of pyridine rings is 1. The molecule has 6 nitrogen and oxygen atoms in total. The van der Waals surface area contributed by atoms with Crippen LogP contribution >= 0.6 is 24.8 Å². The molecular formula is C18H27Cl2N5O. The number of hydrogen-bond acceptors (Lipinski definition) is 4. The van der Waals surface area contributed by atoms with Gasteiger partial charge in [-0.1, -0.05) is 13.0 Å². The van der Waals surface area contributed by atoms with Gasteiger partial charge in [0.15, 0.2) is 5.82 Å². The first kappa shape index (κ1) is 22.4. The molecule has 0 aliphatic carbocycles. The van der Waals surface area contributed by atoms with Crippen LogP contribution in [0.4, 0.5) is 0 Å². The Balaban J connectivity index is 0.00000169. The summed E-state index contributed by atoms with van der Waals surface area (Å²) in [5, 5.41) is 10.8. The summed E-state index contributed by atoms with van der Waals surface area (Å²) in [5.41, 5.74) is 1.54. The molecule has 1 fully saturated rings. The molecule has 2 aromatic heterocycles. The Morgan fingerprint density at radius 1 is 1.38 bits per heavy atom. The van der Waals surface area contributed by atoms with E-state index in [-0.39, 0.29) is 30.7 Å². The Labute approximate surface area is 167 Å². The highest BCUT2D eigenvalue weighted by Crippen LogP contribution is 2.15. The number of carbonyl (C=O) groups excluding carboxylic acids is 1. The fraction of sp³-hybridized carbons (Fsp3) is 0.500. The first-order chi connectivity index (χ1) is 11.8. The van der Waals surface area contributed by atoms with Gasteiger partial charge in [-0.3, -0.25) is 4.79 Å². The molecule has 0 saturated carbocycles. The SMILES string of the molecule is CCc1c(C(=O)NCCC2CCCNC2)cnn1-c1ccccn1.Cl.Cl. The molecule has 1 aliphatic heterocycles. The Morgan fingerprint density at radius 3 is 2.88 bits per heavy atom. The second kappa shape index (κ2) is 11.2. The van der Waals surface area contributed by atoms with Gasteiger partial charge in [0.25, 0.3) is 5.91 Å². The van der Waals surface area contributed by atoms with Gasteiger partial charge in [0, 0.05) is 12.7 Å². The van der Waals surface area contributed by atoms with E-state index in [1.165, 1.54) is 12.8 Å². The molecular weight excluding hydrogens is 373 g/mol. The summed E-state index contributed by atoms with van der Waals surface area (Å²) in [5.74, 6) is 1.36. The molecule has 0 radical (unpaired) electrons. The summed E-state index contributed by atoms with van der Waals surface area (Å²) in [6.07, 6.45) is 7.61. The second-order valence-electron chi connectivity index (χ2n) is 6.22. The molecule has 26 heavy (non-hydrogen) atoms. The molecule has 1 saturated heterocycles. The first-order valence-corrected chi connectivity index (χ1v) is 8.76. The van der Waals surface area contributed by atoms with Crippen molar-refractivity contribution < 1.29 is 4.79 Å². The fourth-order valence-corrected chi connectivity index (χ4v) is 3.24. The Bertz CT molecular complexity index is 671. The lowest BCUT2D eigenvalue weighted by atomic mass is 9.96. The van der Waals surface area contributed by atoms with Crippen LogP contribution in [0.5, 0.6) is 0 Å². The summed E-state index contributed by atoms with van der Waals surface area (Å²) in [6.45, 7) is 4.92. The van der Waals surface area contributed by atoms with Crippen LogP contribution in [0.1, 0.15) is 42.2 Å². The van der Waals surface area contributed by atoms with Gasteiger partial charge >= 0.3 is 0 Å². The third-order valence-electron chi connectivity index (χ3n) is 4.55. The number of nitrogens with one attached hydrogen (secondary N) is 2. The zero-order valence-corrected chi connectivity index (χ0v) is 16.6. The molecule has 3 rings (SSSR count). The van der Waals surface area contributed by atoms with Crippen LogP contribution in [0.3, 0.4) is 0 Å². The number of nitrogens with zero attached hydrogens (tertiary/aromatic N) is 3. The van der Waals surface area contributed by atoms with Crippen LogP contribution in [0.25, 0.3) is 5.82 Å². The van der Waals surface area contributed by atoms with Crippen LogP contribution in [0.2, 0.25) is 0 Å². The van der Waals surface area contributed by atoms with Gasteiger partial charge in [0.05, 0.1) is 17.5 Å². The average molecular weight is 400 g/mol. The van der Waals surface area contributed by atoms with E-state index in [1.54, 1.807) is 17.1 Å². The molecule has 2 N–H and O–H groups in total. The van der Waals surface area contributed by atoms with E-state index in [0.29, 0.717) is 18.0 Å². The summed E-state index contributed by atoms with van der Waals surface area (Å²) in [7, 11) is 0. The number of halogens is 2. The highest BCUT2D eigenvalue weighted by Gasteiger charge is 2.18. The van der Waals surface area contributed by atoms with Gasteiger partial charge in [-0.05, 0) is 56.8 Å². The zero-order chi connectivity index (χ0) is 16.8. The van der Waals surface area contributed by atoms with Crippen LogP contribution in [-0.2, 0) is 6.42 Å². The normalized spacial score (nSPS) is 16.3. The molecule has 144 valence electrons. The van der Waals surface area contributed by atoms with Crippen molar-refractivity contribution in [2.75, 3.05) is 19.6 Å². The van der Waals surface area contributed by atoms with Crippen molar-refractivity contribution in [3.05, 3.63) is 41.9 Å². The maximum Gasteiger partial charge on any atom is 0.254 e. The van der Waals surface area contributed by atoms with Crippen molar-refractivity contribution in [1.82, 2.24) is 25.4 Å². The van der Waals surface area contributed by atoms with Gasteiger partial charge in [-0.15, -0.1) is 24.8 Å². The number of rotatable bonds is 6. The number of hydrogen-bond donors (Lipinski definition) is 2. The van der Waals surface area contributed by atoms with Crippen molar-refractivity contribution in [2.45, 2.75) is 32.6 Å². The number of amides is 1. The van der Waals surface area contributed by atoms with Crippen LogP contribution in [-0.4, -0.2) is 40.3 Å². The van der Waals surface area contributed by atoms with Crippen LogP contribution in [0, 0.1) is 5.92 Å². The van der Waals surface area contributed by atoms with Gasteiger partial charge in [0.1, 0.15) is 0 Å². The summed E-state index contributed by atoms with van der Waals surface area (Å²) >= 11 is 0.